The van der Waals surface area contributed by atoms with Crippen molar-refractivity contribution in [3.05, 3.63) is 24.3 Å². The van der Waals surface area contributed by atoms with Gasteiger partial charge in [-0.2, -0.15) is 0 Å². The van der Waals surface area contributed by atoms with Gasteiger partial charge in [-0.05, 0) is 51.2 Å². The molecule has 2 aliphatic rings. The Bertz CT molecular complexity index is 649. The van der Waals surface area contributed by atoms with Crippen LogP contribution in [0.4, 0.5) is 16.2 Å². The highest BCUT2D eigenvalue weighted by atomic mass is 16.5. The van der Waals surface area contributed by atoms with Gasteiger partial charge in [0.25, 0.3) is 0 Å². The Morgan fingerprint density at radius 1 is 1.17 bits per heavy atom. The van der Waals surface area contributed by atoms with E-state index in [0.717, 1.165) is 63.4 Å². The third-order valence-corrected chi connectivity index (χ3v) is 5.68. The summed E-state index contributed by atoms with van der Waals surface area (Å²) in [5, 5.41) is 3.14. The van der Waals surface area contributed by atoms with Crippen LogP contribution in [-0.2, 0) is 9.47 Å². The minimum atomic E-state index is -0.0209. The zero-order valence-corrected chi connectivity index (χ0v) is 18.4. The predicted octanol–water partition coefficient (Wildman–Crippen LogP) is 4.36. The number of morpholine rings is 1. The highest BCUT2D eigenvalue weighted by Crippen LogP contribution is 2.29. The van der Waals surface area contributed by atoms with Gasteiger partial charge in [0.15, 0.2) is 0 Å². The van der Waals surface area contributed by atoms with Crippen LogP contribution < -0.4 is 10.2 Å². The van der Waals surface area contributed by atoms with Gasteiger partial charge in [-0.1, -0.05) is 26.0 Å². The van der Waals surface area contributed by atoms with Crippen LogP contribution in [0.2, 0.25) is 0 Å². The third-order valence-electron chi connectivity index (χ3n) is 5.68. The lowest BCUT2D eigenvalue weighted by atomic mass is 10.1. The topological polar surface area (TPSA) is 54.0 Å². The molecule has 1 aromatic rings. The van der Waals surface area contributed by atoms with Crippen LogP contribution in [0.1, 0.15) is 47.0 Å². The molecule has 0 aromatic heterocycles. The monoisotopic (exact) mass is 403 g/mol. The molecule has 6 heteroatoms. The maximum absolute atomic E-state index is 12.9. The van der Waals surface area contributed by atoms with Gasteiger partial charge in [-0.15, -0.1) is 0 Å². The van der Waals surface area contributed by atoms with Crippen molar-refractivity contribution in [1.29, 1.82) is 0 Å². The van der Waals surface area contributed by atoms with Crippen molar-refractivity contribution in [1.82, 2.24) is 4.90 Å². The Balaban J connectivity index is 1.54. The molecule has 0 bridgehead atoms. The largest absolute Gasteiger partial charge is 0.378 e. The number of ether oxygens (including phenoxy) is 2. The molecule has 2 fully saturated rings. The third kappa shape index (κ3) is 6.34. The number of carbonyl (C=O) groups is 1. The number of likely N-dealkylation sites (tertiary alicyclic amines) is 1. The van der Waals surface area contributed by atoms with Crippen LogP contribution in [0.15, 0.2) is 24.3 Å². The van der Waals surface area contributed by atoms with Crippen LogP contribution in [0.25, 0.3) is 0 Å². The first-order valence-corrected chi connectivity index (χ1v) is 11.1. The zero-order chi connectivity index (χ0) is 20.8. The van der Waals surface area contributed by atoms with Gasteiger partial charge in [0, 0.05) is 32.8 Å². The lowest BCUT2D eigenvalue weighted by Gasteiger charge is -2.38. The first-order chi connectivity index (χ1) is 13.9. The average Bonchev–Trinajstić information content (AvgIpc) is 2.68. The maximum atomic E-state index is 12.9. The van der Waals surface area contributed by atoms with Gasteiger partial charge in [0.05, 0.1) is 29.7 Å². The number of hydrogen-bond donors (Lipinski definition) is 1. The normalized spacial score (nSPS) is 23.5. The highest BCUT2D eigenvalue weighted by Gasteiger charge is 2.26. The van der Waals surface area contributed by atoms with Gasteiger partial charge in [-0.3, -0.25) is 0 Å². The van der Waals surface area contributed by atoms with Crippen LogP contribution in [0, 0.1) is 5.92 Å². The van der Waals surface area contributed by atoms with Gasteiger partial charge < -0.3 is 24.6 Å². The number of rotatable bonds is 6. The lowest BCUT2D eigenvalue weighted by Crippen LogP contribution is -2.46. The number of para-hydroxylation sites is 2. The van der Waals surface area contributed by atoms with Gasteiger partial charge >= 0.3 is 6.03 Å². The highest BCUT2D eigenvalue weighted by molar-refractivity contribution is 5.93. The Hall–Kier alpha value is -1.79. The number of carbonyl (C=O) groups excluding carboxylic acids is 1. The number of hydrogen-bond acceptors (Lipinski definition) is 4. The number of amides is 2. The summed E-state index contributed by atoms with van der Waals surface area (Å²) in [6.07, 6.45) is 3.55. The van der Waals surface area contributed by atoms with Crippen LogP contribution in [0.3, 0.4) is 0 Å². The first-order valence-electron chi connectivity index (χ1n) is 11.1. The molecule has 0 saturated carbocycles. The van der Waals surface area contributed by atoms with Gasteiger partial charge in [0.2, 0.25) is 0 Å². The molecule has 1 aromatic carbocycles. The Morgan fingerprint density at radius 2 is 1.83 bits per heavy atom. The molecule has 2 unspecified atom stereocenters. The van der Waals surface area contributed by atoms with E-state index in [0.29, 0.717) is 5.92 Å². The molecule has 2 amide bonds. The molecule has 6 nitrogen and oxygen atoms in total. The number of urea groups is 1. The number of nitrogens with zero attached hydrogens (tertiary/aromatic N) is 2. The fourth-order valence-electron chi connectivity index (χ4n) is 4.12. The van der Waals surface area contributed by atoms with E-state index in [1.165, 1.54) is 0 Å². The molecular formula is C23H37N3O3. The quantitative estimate of drug-likeness (QED) is 0.767. The van der Waals surface area contributed by atoms with E-state index < -0.39 is 0 Å². The molecule has 0 aliphatic carbocycles. The molecule has 0 radical (unpaired) electrons. The van der Waals surface area contributed by atoms with Crippen molar-refractivity contribution < 1.29 is 14.3 Å². The summed E-state index contributed by atoms with van der Waals surface area (Å²) < 4.78 is 11.8. The van der Waals surface area contributed by atoms with Crippen LogP contribution >= 0.6 is 0 Å². The molecule has 2 heterocycles. The number of benzene rings is 1. The summed E-state index contributed by atoms with van der Waals surface area (Å²) in [6, 6.07) is 8.04. The zero-order valence-electron chi connectivity index (χ0n) is 18.4. The Labute approximate surface area is 175 Å². The van der Waals surface area contributed by atoms with E-state index in [1.54, 1.807) is 0 Å². The maximum Gasteiger partial charge on any atom is 0.321 e. The fourth-order valence-corrected chi connectivity index (χ4v) is 4.12. The smallest absolute Gasteiger partial charge is 0.321 e. The second-order valence-electron chi connectivity index (χ2n) is 8.85. The molecular weight excluding hydrogens is 366 g/mol. The second-order valence-corrected chi connectivity index (χ2v) is 8.85. The molecule has 3 rings (SSSR count). The molecule has 1 N–H and O–H groups in total. The standard InChI is InChI=1S/C23H37N3O3/c1-17(2)11-14-28-20-9-12-25(13-10-20)23(27)24-21-7-5-6-8-22(21)26-15-18(3)29-19(4)16-26/h5-8,17-20H,9-16H2,1-4H3,(H,24,27). The SMILES string of the molecule is CC(C)CCOC1CCN(C(=O)Nc2ccccc2N2CC(C)OC(C)C2)CC1. The van der Waals surface area contributed by atoms with Gasteiger partial charge in [-0.25, -0.2) is 4.79 Å². The lowest BCUT2D eigenvalue weighted by molar-refractivity contribution is -0.00517. The summed E-state index contributed by atoms with van der Waals surface area (Å²) in [7, 11) is 0. The number of anilines is 2. The summed E-state index contributed by atoms with van der Waals surface area (Å²) in [6.45, 7) is 12.6. The van der Waals surface area contributed by atoms with Crippen LogP contribution in [0.5, 0.6) is 0 Å². The van der Waals surface area contributed by atoms with E-state index >= 15 is 0 Å². The van der Waals surface area contributed by atoms with Crippen molar-refractivity contribution in [2.24, 2.45) is 5.92 Å². The molecule has 0 spiro atoms. The minimum Gasteiger partial charge on any atom is -0.378 e. The van der Waals surface area contributed by atoms with Crippen molar-refractivity contribution in [3.8, 4) is 0 Å². The average molecular weight is 404 g/mol. The fraction of sp³-hybridized carbons (Fsp3) is 0.696. The van der Waals surface area contributed by atoms with Crippen LogP contribution in [-0.4, -0.2) is 62.0 Å². The Morgan fingerprint density at radius 3 is 2.48 bits per heavy atom. The van der Waals surface area contributed by atoms with Crippen molar-refractivity contribution in [2.45, 2.75) is 65.3 Å². The van der Waals surface area contributed by atoms with Crippen molar-refractivity contribution in [3.63, 3.8) is 0 Å². The van der Waals surface area contributed by atoms with E-state index in [1.807, 2.05) is 23.1 Å². The molecule has 2 atom stereocenters. The number of nitrogens with one attached hydrogen (secondary N) is 1. The van der Waals surface area contributed by atoms with Crippen molar-refractivity contribution >= 4 is 17.4 Å². The molecule has 2 aliphatic heterocycles. The summed E-state index contributed by atoms with van der Waals surface area (Å²) in [5.74, 6) is 0.665. The second kappa shape index (κ2) is 10.3. The first kappa shape index (κ1) is 21.9. The predicted molar refractivity (Wildman–Crippen MR) is 118 cm³/mol. The molecule has 29 heavy (non-hydrogen) atoms. The van der Waals surface area contributed by atoms with Gasteiger partial charge in [0.1, 0.15) is 0 Å². The summed E-state index contributed by atoms with van der Waals surface area (Å²) in [5.41, 5.74) is 1.93. The Kier molecular flexibility index (Phi) is 7.78. The number of piperidine rings is 1. The van der Waals surface area contributed by atoms with E-state index in [4.69, 9.17) is 9.47 Å². The van der Waals surface area contributed by atoms with E-state index in [2.05, 4.69) is 44.0 Å². The van der Waals surface area contributed by atoms with Crippen molar-refractivity contribution in [2.75, 3.05) is 43.0 Å². The minimum absolute atomic E-state index is 0.0209. The molecule has 2 saturated heterocycles. The van der Waals surface area contributed by atoms with E-state index in [9.17, 15) is 4.79 Å². The molecule has 162 valence electrons. The summed E-state index contributed by atoms with van der Waals surface area (Å²) in [4.78, 5) is 17.1. The summed E-state index contributed by atoms with van der Waals surface area (Å²) >= 11 is 0. The van der Waals surface area contributed by atoms with E-state index in [-0.39, 0.29) is 24.3 Å².